The Bertz CT molecular complexity index is 525. The van der Waals surface area contributed by atoms with Gasteiger partial charge >= 0.3 is 0 Å². The summed E-state index contributed by atoms with van der Waals surface area (Å²) in [4.78, 5) is 0. The number of hydrogen-bond donors (Lipinski definition) is 1. The Hall–Kier alpha value is -2.08. The molecule has 1 aromatic heterocycles. The molecule has 1 heterocycles. The summed E-state index contributed by atoms with van der Waals surface area (Å²) in [5.41, 5.74) is 0.787. The van der Waals surface area contributed by atoms with E-state index in [4.69, 9.17) is 14.6 Å². The molecule has 0 spiro atoms. The molecule has 0 unspecified atom stereocenters. The molecule has 1 N–H and O–H groups in total. The van der Waals surface area contributed by atoms with Crippen molar-refractivity contribution in [1.29, 1.82) is 0 Å². The lowest BCUT2D eigenvalue weighted by atomic mass is 10.3. The van der Waals surface area contributed by atoms with E-state index >= 15 is 0 Å². The van der Waals surface area contributed by atoms with Gasteiger partial charge in [-0.3, -0.25) is 0 Å². The molecule has 21 heavy (non-hydrogen) atoms. The van der Waals surface area contributed by atoms with Crippen LogP contribution in [0.3, 0.4) is 0 Å². The Labute approximate surface area is 124 Å². The van der Waals surface area contributed by atoms with Crippen molar-refractivity contribution in [2.24, 2.45) is 0 Å². The molecule has 0 bridgehead atoms. The summed E-state index contributed by atoms with van der Waals surface area (Å²) < 4.78 is 12.9. The van der Waals surface area contributed by atoms with Gasteiger partial charge in [-0.25, -0.2) is 4.68 Å². The number of nitrogens with zero attached hydrogens (tertiary/aromatic N) is 3. The molecule has 0 aliphatic rings. The van der Waals surface area contributed by atoms with Gasteiger partial charge in [-0.1, -0.05) is 12.1 Å². The molecule has 0 atom stereocenters. The highest BCUT2D eigenvalue weighted by Crippen LogP contribution is 2.17. The SMILES string of the molecule is CCCOc1ccc(OCCn2cc(CCO)nn2)cc1. The van der Waals surface area contributed by atoms with Crippen LogP contribution in [0, 0.1) is 0 Å². The summed E-state index contributed by atoms with van der Waals surface area (Å²) in [7, 11) is 0. The fourth-order valence-corrected chi connectivity index (χ4v) is 1.79. The zero-order chi connectivity index (χ0) is 14.9. The third kappa shape index (κ3) is 5.07. The highest BCUT2D eigenvalue weighted by Gasteiger charge is 2.01. The van der Waals surface area contributed by atoms with Crippen LogP contribution < -0.4 is 9.47 Å². The number of benzene rings is 1. The molecule has 0 fully saturated rings. The second-order valence-electron chi connectivity index (χ2n) is 4.61. The van der Waals surface area contributed by atoms with Crippen molar-refractivity contribution < 1.29 is 14.6 Å². The van der Waals surface area contributed by atoms with E-state index in [0.29, 0.717) is 19.6 Å². The van der Waals surface area contributed by atoms with Crippen LogP contribution in [0.5, 0.6) is 11.5 Å². The van der Waals surface area contributed by atoms with Crippen molar-refractivity contribution in [2.75, 3.05) is 19.8 Å². The number of aromatic nitrogens is 3. The minimum atomic E-state index is 0.0850. The zero-order valence-corrected chi connectivity index (χ0v) is 12.2. The van der Waals surface area contributed by atoms with Crippen LogP contribution in [0.4, 0.5) is 0 Å². The fourth-order valence-electron chi connectivity index (χ4n) is 1.79. The topological polar surface area (TPSA) is 69.4 Å². The molecule has 0 saturated heterocycles. The van der Waals surface area contributed by atoms with Gasteiger partial charge in [-0.2, -0.15) is 0 Å². The maximum absolute atomic E-state index is 8.82. The van der Waals surface area contributed by atoms with Gasteiger partial charge < -0.3 is 14.6 Å². The third-order valence-electron chi connectivity index (χ3n) is 2.84. The molecule has 0 aliphatic heterocycles. The van der Waals surface area contributed by atoms with E-state index in [0.717, 1.165) is 30.2 Å². The molecule has 6 nitrogen and oxygen atoms in total. The van der Waals surface area contributed by atoms with Crippen LogP contribution in [-0.2, 0) is 13.0 Å². The average Bonchev–Trinajstić information content (AvgIpc) is 2.94. The lowest BCUT2D eigenvalue weighted by Crippen LogP contribution is -2.08. The predicted octanol–water partition coefficient (Wildman–Crippen LogP) is 1.68. The normalized spacial score (nSPS) is 10.6. The number of hydrogen-bond acceptors (Lipinski definition) is 5. The van der Waals surface area contributed by atoms with E-state index in [1.54, 1.807) is 4.68 Å². The maximum Gasteiger partial charge on any atom is 0.119 e. The lowest BCUT2D eigenvalue weighted by molar-refractivity contribution is 0.287. The smallest absolute Gasteiger partial charge is 0.119 e. The average molecular weight is 291 g/mol. The lowest BCUT2D eigenvalue weighted by Gasteiger charge is -2.08. The summed E-state index contributed by atoms with van der Waals surface area (Å²) in [5.74, 6) is 1.66. The minimum absolute atomic E-state index is 0.0850. The van der Waals surface area contributed by atoms with Crippen molar-refractivity contribution >= 4 is 0 Å². The summed E-state index contributed by atoms with van der Waals surface area (Å²) in [5, 5.41) is 16.7. The zero-order valence-electron chi connectivity index (χ0n) is 12.2. The Kier molecular flexibility index (Phi) is 6.02. The van der Waals surface area contributed by atoms with E-state index < -0.39 is 0 Å². The predicted molar refractivity (Wildman–Crippen MR) is 78.5 cm³/mol. The highest BCUT2D eigenvalue weighted by molar-refractivity contribution is 5.31. The molecule has 114 valence electrons. The summed E-state index contributed by atoms with van der Waals surface area (Å²) in [6.07, 6.45) is 3.34. The quantitative estimate of drug-likeness (QED) is 0.761. The first-order chi connectivity index (χ1) is 10.3. The Balaban J connectivity index is 1.74. The molecule has 0 amide bonds. The molecule has 0 aliphatic carbocycles. The second kappa shape index (κ2) is 8.26. The van der Waals surface area contributed by atoms with Crippen LogP contribution >= 0.6 is 0 Å². The molecule has 2 aromatic rings. The van der Waals surface area contributed by atoms with Gasteiger partial charge in [0.1, 0.15) is 18.1 Å². The standard InChI is InChI=1S/C15H21N3O3/c1-2-10-20-14-3-5-15(6-4-14)21-11-8-18-12-13(7-9-19)16-17-18/h3-6,12,19H,2,7-11H2,1H3. The van der Waals surface area contributed by atoms with Gasteiger partial charge in [0.2, 0.25) is 0 Å². The largest absolute Gasteiger partial charge is 0.494 e. The molecule has 2 rings (SSSR count). The van der Waals surface area contributed by atoms with Gasteiger partial charge in [0.15, 0.2) is 0 Å². The van der Waals surface area contributed by atoms with Crippen LogP contribution in [0.1, 0.15) is 19.0 Å². The number of ether oxygens (including phenoxy) is 2. The van der Waals surface area contributed by atoms with Crippen LogP contribution in [0.15, 0.2) is 30.5 Å². The van der Waals surface area contributed by atoms with Crippen LogP contribution in [0.25, 0.3) is 0 Å². The van der Waals surface area contributed by atoms with Gasteiger partial charge in [0.25, 0.3) is 0 Å². The van der Waals surface area contributed by atoms with E-state index in [-0.39, 0.29) is 6.61 Å². The molecule has 6 heteroatoms. The monoisotopic (exact) mass is 291 g/mol. The van der Waals surface area contributed by atoms with Crippen LogP contribution in [-0.4, -0.2) is 39.9 Å². The number of rotatable bonds is 9. The maximum atomic E-state index is 8.82. The minimum Gasteiger partial charge on any atom is -0.494 e. The van der Waals surface area contributed by atoms with Gasteiger partial charge in [0, 0.05) is 19.2 Å². The molecular formula is C15H21N3O3. The Morgan fingerprint density at radius 3 is 2.38 bits per heavy atom. The summed E-state index contributed by atoms with van der Waals surface area (Å²) >= 11 is 0. The number of aliphatic hydroxyl groups is 1. The molecule has 0 saturated carbocycles. The van der Waals surface area contributed by atoms with Crippen molar-refractivity contribution in [2.45, 2.75) is 26.3 Å². The molecular weight excluding hydrogens is 270 g/mol. The fraction of sp³-hybridized carbons (Fsp3) is 0.467. The van der Waals surface area contributed by atoms with Gasteiger partial charge in [0.05, 0.1) is 18.8 Å². The van der Waals surface area contributed by atoms with Crippen molar-refractivity contribution in [3.8, 4) is 11.5 Å². The van der Waals surface area contributed by atoms with Crippen molar-refractivity contribution in [3.63, 3.8) is 0 Å². The second-order valence-corrected chi connectivity index (χ2v) is 4.61. The third-order valence-corrected chi connectivity index (χ3v) is 2.84. The van der Waals surface area contributed by atoms with Gasteiger partial charge in [-0.05, 0) is 30.7 Å². The Morgan fingerprint density at radius 1 is 1.10 bits per heavy atom. The summed E-state index contributed by atoms with van der Waals surface area (Å²) in [6.45, 7) is 4.02. The highest BCUT2D eigenvalue weighted by atomic mass is 16.5. The van der Waals surface area contributed by atoms with E-state index in [9.17, 15) is 0 Å². The van der Waals surface area contributed by atoms with E-state index in [1.165, 1.54) is 0 Å². The van der Waals surface area contributed by atoms with Crippen molar-refractivity contribution in [1.82, 2.24) is 15.0 Å². The first kappa shape index (κ1) is 15.3. The summed E-state index contributed by atoms with van der Waals surface area (Å²) in [6, 6.07) is 7.59. The van der Waals surface area contributed by atoms with Crippen molar-refractivity contribution in [3.05, 3.63) is 36.2 Å². The Morgan fingerprint density at radius 2 is 1.76 bits per heavy atom. The first-order valence-corrected chi connectivity index (χ1v) is 7.17. The first-order valence-electron chi connectivity index (χ1n) is 7.17. The number of aliphatic hydroxyl groups excluding tert-OH is 1. The molecule has 1 aromatic carbocycles. The van der Waals surface area contributed by atoms with Gasteiger partial charge in [-0.15, -0.1) is 5.10 Å². The van der Waals surface area contributed by atoms with E-state index in [1.807, 2.05) is 30.5 Å². The molecule has 0 radical (unpaired) electrons. The van der Waals surface area contributed by atoms with Crippen LogP contribution in [0.2, 0.25) is 0 Å². The van der Waals surface area contributed by atoms with E-state index in [2.05, 4.69) is 17.2 Å².